The van der Waals surface area contributed by atoms with Gasteiger partial charge in [-0.15, -0.1) is 0 Å². The third-order valence-corrected chi connectivity index (χ3v) is 21.5. The van der Waals surface area contributed by atoms with Crippen LogP contribution < -0.4 is 29.0 Å². The van der Waals surface area contributed by atoms with Crippen LogP contribution in [0.1, 0.15) is 120 Å². The summed E-state index contributed by atoms with van der Waals surface area (Å²) in [5.41, 5.74) is 9.20. The van der Waals surface area contributed by atoms with Crippen LogP contribution in [0.25, 0.3) is 21.8 Å². The summed E-state index contributed by atoms with van der Waals surface area (Å²) in [7, 11) is 1.81. The van der Waals surface area contributed by atoms with Gasteiger partial charge in [0.05, 0.1) is 80.1 Å². The van der Waals surface area contributed by atoms with Crippen molar-refractivity contribution >= 4 is 136 Å². The third-order valence-electron chi connectivity index (χ3n) is 18.7. The molecule has 22 nitrogen and oxygen atoms in total. The highest BCUT2D eigenvalue weighted by atomic mass is 35.5. The topological polar surface area (TPSA) is 260 Å². The number of hydrogen-bond donors (Lipinski definition) is 1. The smallest absolute Gasteiger partial charge is 0.497 e. The monoisotopic (exact) mass is 1730 g/mol. The summed E-state index contributed by atoms with van der Waals surface area (Å²) in [6, 6.07) is 57.5. The summed E-state index contributed by atoms with van der Waals surface area (Å²) in [6.45, 7) is 23.7. The van der Waals surface area contributed by atoms with Gasteiger partial charge in [0.25, 0.3) is 11.8 Å². The molecule has 0 radical (unpaired) electrons. The molecule has 0 unspecified atom stereocenters. The largest absolute Gasteiger partial charge is 0.513 e. The molecule has 630 valence electrons. The molecule has 11 rings (SSSR count). The molecule has 9 aromatic carbocycles. The summed E-state index contributed by atoms with van der Waals surface area (Å²) < 4.78 is 61.5. The number of hydrogen-bond acceptors (Lipinski definition) is 20. The summed E-state index contributed by atoms with van der Waals surface area (Å²) in [5.74, 6) is 0.456. The van der Waals surface area contributed by atoms with E-state index in [-0.39, 0.29) is 68.3 Å². The Balaban J connectivity index is 0.000000206. The van der Waals surface area contributed by atoms with Crippen molar-refractivity contribution in [2.75, 3.05) is 39.4 Å². The molecule has 11 aromatic rings. The minimum absolute atomic E-state index is 0.0276. The second-order valence-corrected chi connectivity index (χ2v) is 38.9. The maximum Gasteiger partial charge on any atom is 0.513 e. The van der Waals surface area contributed by atoms with Gasteiger partial charge in [-0.2, -0.15) is 0 Å². The van der Waals surface area contributed by atoms with E-state index in [2.05, 4.69) is 66.5 Å². The van der Waals surface area contributed by atoms with Crippen LogP contribution in [0.15, 0.2) is 200 Å². The fourth-order valence-corrected chi connectivity index (χ4v) is 13.3. The number of carbonyl (C=O) groups excluding carboxylic acids is 8. The number of ether oxygens (including phenoxy) is 11. The number of rotatable bonds is 28. The van der Waals surface area contributed by atoms with Gasteiger partial charge in [0.15, 0.2) is 0 Å². The SMILES string of the molecule is CC(C)(C)CCOC(=O)Oc1ccc(COC(=O)Cc2ccccc2Nc2c(Cl)cccc2Cl)cc1.COc1ccc2c(c1)c(CC(=O)OCc1ccc(OC(=O)OCCC(C)(C)C)cc1)c(C)n2C(=O)c1ccc(Cl)cc1.COc1ccc2c(c1)c(CC(=O)OCc1ccc(OC(=O)OCC[Si](C)(C)C)cc1)c(C)n2C(=O)c1ccc(Cl)cc1. The first-order valence-electron chi connectivity index (χ1n) is 38.5. The molecule has 0 aliphatic rings. The molecule has 0 bridgehead atoms. The van der Waals surface area contributed by atoms with Crippen molar-refractivity contribution in [3.8, 4) is 28.7 Å². The number of esters is 3. The van der Waals surface area contributed by atoms with Gasteiger partial charge in [0.1, 0.15) is 48.6 Å². The van der Waals surface area contributed by atoms with E-state index >= 15 is 0 Å². The van der Waals surface area contributed by atoms with Gasteiger partial charge in [-0.05, 0) is 216 Å². The van der Waals surface area contributed by atoms with Gasteiger partial charge >= 0.3 is 36.4 Å². The number of nitrogens with one attached hydrogen (secondary N) is 1. The lowest BCUT2D eigenvalue weighted by Crippen LogP contribution is -2.23. The van der Waals surface area contributed by atoms with Gasteiger partial charge in [-0.3, -0.25) is 33.1 Å². The quantitative estimate of drug-likeness (QED) is 0.0207. The molecule has 2 heterocycles. The average Bonchev–Trinajstić information content (AvgIpc) is 1.61. The second-order valence-electron chi connectivity index (χ2n) is 31.5. The maximum atomic E-state index is 13.5. The molecule has 0 aliphatic carbocycles. The Morgan fingerprint density at radius 1 is 0.400 bits per heavy atom. The van der Waals surface area contributed by atoms with Crippen LogP contribution >= 0.6 is 46.4 Å². The summed E-state index contributed by atoms with van der Waals surface area (Å²) in [6.07, 6.45) is -0.818. The van der Waals surface area contributed by atoms with Gasteiger partial charge in [0.2, 0.25) is 0 Å². The van der Waals surface area contributed by atoms with Crippen LogP contribution in [0, 0.1) is 24.7 Å². The fourth-order valence-electron chi connectivity index (χ4n) is 11.9. The minimum Gasteiger partial charge on any atom is -0.497 e. The molecular weight excluding hydrogens is 1630 g/mol. The molecule has 1 N–H and O–H groups in total. The minimum atomic E-state index is -1.31. The number of fused-ring (bicyclic) bond motifs is 2. The first-order valence-corrected chi connectivity index (χ1v) is 43.8. The molecular formula is C93H97Cl4N3O19Si. The van der Waals surface area contributed by atoms with E-state index in [9.17, 15) is 38.4 Å². The maximum absolute atomic E-state index is 13.5. The number of halogens is 4. The highest BCUT2D eigenvalue weighted by Gasteiger charge is 2.27. The van der Waals surface area contributed by atoms with Crippen LogP contribution in [0.2, 0.25) is 45.8 Å². The predicted molar refractivity (Wildman–Crippen MR) is 467 cm³/mol. The molecule has 0 atom stereocenters. The first-order chi connectivity index (χ1) is 57.0. The lowest BCUT2D eigenvalue weighted by Gasteiger charge is -2.17. The second kappa shape index (κ2) is 42.9. The summed E-state index contributed by atoms with van der Waals surface area (Å²) in [5, 5.41) is 6.68. The number of benzene rings is 9. The highest BCUT2D eigenvalue weighted by Crippen LogP contribution is 2.37. The summed E-state index contributed by atoms with van der Waals surface area (Å²) >= 11 is 24.5. The number of methoxy groups -OCH3 is 2. The van der Waals surface area contributed by atoms with E-state index in [1.807, 2.05) is 36.4 Å². The van der Waals surface area contributed by atoms with E-state index < -0.39 is 44.4 Å². The van der Waals surface area contributed by atoms with E-state index in [1.165, 1.54) is 0 Å². The normalized spacial score (nSPS) is 11.2. The van der Waals surface area contributed by atoms with Crippen LogP contribution in [0.5, 0.6) is 28.7 Å². The Morgan fingerprint density at radius 2 is 0.750 bits per heavy atom. The highest BCUT2D eigenvalue weighted by molar-refractivity contribution is 6.76. The zero-order valence-corrected chi connectivity index (χ0v) is 73.2. The molecule has 2 aromatic heterocycles. The molecule has 0 spiro atoms. The Hall–Kier alpha value is -11.6. The van der Waals surface area contributed by atoms with Gasteiger partial charge in [-0.25, -0.2) is 14.4 Å². The van der Waals surface area contributed by atoms with Gasteiger partial charge in [-0.1, -0.05) is 168 Å². The Bertz CT molecular complexity index is 5160. The Morgan fingerprint density at radius 3 is 1.11 bits per heavy atom. The van der Waals surface area contributed by atoms with E-state index in [0.29, 0.717) is 118 Å². The number of aromatic nitrogens is 2. The van der Waals surface area contributed by atoms with Crippen molar-refractivity contribution in [3.63, 3.8) is 0 Å². The van der Waals surface area contributed by atoms with E-state index in [1.54, 1.807) is 201 Å². The first kappa shape index (κ1) is 92.3. The van der Waals surface area contributed by atoms with E-state index in [4.69, 9.17) is 98.5 Å². The van der Waals surface area contributed by atoms with Crippen LogP contribution in [-0.4, -0.2) is 99.4 Å². The lowest BCUT2D eigenvalue weighted by molar-refractivity contribution is -0.145. The van der Waals surface area contributed by atoms with Crippen LogP contribution in [0.3, 0.4) is 0 Å². The standard InChI is InChI=1S/C33H34ClNO7.C32H34ClNO7Si.C28H29Cl2NO5/c1-21-27(28-18-26(39-5)14-15-29(28)35(21)31(37)23-8-10-24(34)11-9-23)19-30(36)41-20-22-6-12-25(13-7-22)42-32(38)40-17-16-33(2,3)4;1-21-27(28-18-26(38-2)14-15-29(28)34(21)31(36)23-8-10-24(33)11-9-23)19-30(35)40-20-22-6-12-25(13-7-22)41-32(37)39-16-17-42(3,4)5;1-28(2,3)15-16-34-27(33)36-21-13-11-19(12-14-21)18-35-25(32)17-20-7-4-5-10-24(20)31-26-22(29)8-6-9-23(26)30/h2*6-15,18H,16-17,19-20H2,1-5H3;4-14,31H,15-18H2,1-3H3. The molecule has 0 saturated heterocycles. The van der Waals surface area contributed by atoms with Crippen molar-refractivity contribution in [3.05, 3.63) is 276 Å². The number of nitrogens with zero attached hydrogens (tertiary/aromatic N) is 2. The Kier molecular flexibility index (Phi) is 33.0. The number of carbonyl (C=O) groups is 8. The zero-order chi connectivity index (χ0) is 87.0. The van der Waals surface area contributed by atoms with Crippen molar-refractivity contribution in [2.45, 2.75) is 133 Å². The van der Waals surface area contributed by atoms with Crippen molar-refractivity contribution in [2.24, 2.45) is 10.8 Å². The third kappa shape index (κ3) is 28.0. The van der Waals surface area contributed by atoms with Gasteiger partial charge in [0, 0.05) is 57.1 Å². The van der Waals surface area contributed by atoms with Crippen molar-refractivity contribution in [1.29, 1.82) is 0 Å². The molecule has 0 fully saturated rings. The predicted octanol–water partition coefficient (Wildman–Crippen LogP) is 23.0. The number of para-hydroxylation sites is 2. The molecule has 0 aliphatic heterocycles. The average molecular weight is 1730 g/mol. The molecule has 27 heteroatoms. The lowest BCUT2D eigenvalue weighted by atomic mass is 9.93. The van der Waals surface area contributed by atoms with Crippen LogP contribution in [0.4, 0.5) is 25.8 Å². The fraction of sp³-hybridized carbons (Fsp3) is 0.290. The van der Waals surface area contributed by atoms with Crippen molar-refractivity contribution in [1.82, 2.24) is 9.13 Å². The molecule has 0 saturated carbocycles. The Labute approximate surface area is 719 Å². The van der Waals surface area contributed by atoms with E-state index in [0.717, 1.165) is 51.9 Å². The van der Waals surface area contributed by atoms with Crippen molar-refractivity contribution < 1.29 is 90.5 Å². The molecule has 0 amide bonds. The molecule has 120 heavy (non-hydrogen) atoms. The number of anilines is 2. The summed E-state index contributed by atoms with van der Waals surface area (Å²) in [4.78, 5) is 101. The van der Waals surface area contributed by atoms with Gasteiger partial charge < -0.3 is 57.4 Å². The van der Waals surface area contributed by atoms with Crippen LogP contribution in [-0.2, 0) is 81.9 Å². The zero-order valence-electron chi connectivity index (χ0n) is 69.2.